The summed E-state index contributed by atoms with van der Waals surface area (Å²) < 4.78 is 18.8. The largest absolute Gasteiger partial charge is 0.507 e. The maximum atomic E-state index is 14.2. The number of anilines is 3. The van der Waals surface area contributed by atoms with E-state index in [1.807, 2.05) is 0 Å². The van der Waals surface area contributed by atoms with Gasteiger partial charge in [-0.3, -0.25) is 0 Å². The maximum absolute atomic E-state index is 14.2. The van der Waals surface area contributed by atoms with Crippen LogP contribution in [0.3, 0.4) is 0 Å². The Labute approximate surface area is 172 Å². The first-order valence-electron chi connectivity index (χ1n) is 9.01. The number of hydrogen-bond donors (Lipinski definition) is 4. The number of aryl methyl sites for hydroxylation is 2. The zero-order valence-corrected chi connectivity index (χ0v) is 16.6. The minimum Gasteiger partial charge on any atom is -0.507 e. The summed E-state index contributed by atoms with van der Waals surface area (Å²) in [6.07, 6.45) is 5.82. The van der Waals surface area contributed by atoms with Crippen molar-refractivity contribution in [3.8, 4) is 5.75 Å². The molecule has 9 heteroatoms. The van der Waals surface area contributed by atoms with E-state index in [0.717, 1.165) is 6.20 Å². The molecule has 0 aliphatic heterocycles. The number of aliphatic hydroxyl groups excluding tert-OH is 1. The number of halogens is 1. The quantitative estimate of drug-likeness (QED) is 0.336. The molecule has 3 rings (SSSR count). The van der Waals surface area contributed by atoms with Gasteiger partial charge in [0.05, 0.1) is 19.0 Å². The lowest BCUT2D eigenvalue weighted by atomic mass is 10.0. The number of phenolic OH excluding ortho intramolecular Hbond substituents is 1. The van der Waals surface area contributed by atoms with Gasteiger partial charge in [0, 0.05) is 11.8 Å². The summed E-state index contributed by atoms with van der Waals surface area (Å²) in [6.45, 7) is 3.47. The highest BCUT2D eigenvalue weighted by atomic mass is 19.1. The van der Waals surface area contributed by atoms with Crippen molar-refractivity contribution in [1.82, 2.24) is 9.97 Å². The van der Waals surface area contributed by atoms with E-state index in [9.17, 15) is 19.4 Å². The number of methoxy groups -OCH3 is 1. The Balaban J connectivity index is 1.82. The third-order valence-electron chi connectivity index (χ3n) is 4.41. The molecule has 1 aromatic heterocycles. The van der Waals surface area contributed by atoms with Crippen LogP contribution in [0.2, 0.25) is 0 Å². The fraction of sp³-hybridized carbons (Fsp3) is 0.190. The number of aromatic nitrogens is 2. The van der Waals surface area contributed by atoms with Crippen LogP contribution in [-0.4, -0.2) is 39.4 Å². The SMILES string of the molecule is COC(=O)C=C1C=CC=C(Nc2ncc(F)c(Nc3cc(C)c(O)c(C)c3)n2)C1O. The third kappa shape index (κ3) is 4.64. The summed E-state index contributed by atoms with van der Waals surface area (Å²) in [5, 5.41) is 26.0. The van der Waals surface area contributed by atoms with Gasteiger partial charge in [0.15, 0.2) is 11.6 Å². The van der Waals surface area contributed by atoms with Crippen LogP contribution in [-0.2, 0) is 9.53 Å². The average molecular weight is 412 g/mol. The molecule has 4 N–H and O–H groups in total. The summed E-state index contributed by atoms with van der Waals surface area (Å²) in [5.41, 5.74) is 2.45. The number of allylic oxidation sites excluding steroid dienone is 2. The number of benzene rings is 1. The molecular formula is C21H21FN4O4. The van der Waals surface area contributed by atoms with Crippen molar-refractivity contribution < 1.29 is 24.1 Å². The van der Waals surface area contributed by atoms with Gasteiger partial charge < -0.3 is 25.6 Å². The van der Waals surface area contributed by atoms with Crippen molar-refractivity contribution >= 4 is 23.4 Å². The minimum absolute atomic E-state index is 0.0455. The number of phenols is 1. The predicted molar refractivity (Wildman–Crippen MR) is 110 cm³/mol. The van der Waals surface area contributed by atoms with E-state index in [1.54, 1.807) is 44.2 Å². The second kappa shape index (κ2) is 8.75. The van der Waals surface area contributed by atoms with Gasteiger partial charge in [-0.2, -0.15) is 4.98 Å². The van der Waals surface area contributed by atoms with Crippen molar-refractivity contribution in [2.75, 3.05) is 17.7 Å². The summed E-state index contributed by atoms with van der Waals surface area (Å²) in [6, 6.07) is 3.33. The fourth-order valence-electron chi connectivity index (χ4n) is 2.87. The molecule has 1 atom stereocenters. The number of aliphatic hydroxyl groups is 1. The molecule has 1 aliphatic carbocycles. The average Bonchev–Trinajstić information content (AvgIpc) is 2.71. The molecule has 1 unspecified atom stereocenters. The van der Waals surface area contributed by atoms with Crippen LogP contribution in [0.1, 0.15) is 11.1 Å². The highest BCUT2D eigenvalue weighted by Crippen LogP contribution is 2.28. The van der Waals surface area contributed by atoms with Gasteiger partial charge >= 0.3 is 5.97 Å². The molecule has 0 bridgehead atoms. The number of rotatable bonds is 5. The Bertz CT molecular complexity index is 1060. The van der Waals surface area contributed by atoms with Gasteiger partial charge in [0.25, 0.3) is 0 Å². The lowest BCUT2D eigenvalue weighted by Crippen LogP contribution is -2.22. The molecule has 8 nitrogen and oxygen atoms in total. The Kier molecular flexibility index (Phi) is 6.12. The van der Waals surface area contributed by atoms with Crippen LogP contribution in [0.25, 0.3) is 0 Å². The van der Waals surface area contributed by atoms with E-state index in [0.29, 0.717) is 28.1 Å². The second-order valence-corrected chi connectivity index (χ2v) is 6.65. The standard InChI is InChI=1S/C21H21FN4O4/c1-11-7-14(8-12(2)18(11)28)24-20-15(22)10-23-21(26-20)25-16-6-4-5-13(19(16)29)9-17(27)30-3/h4-10,19,28-29H,1-3H3,(H2,23,24,25,26). The van der Waals surface area contributed by atoms with Crippen LogP contribution in [0.5, 0.6) is 5.75 Å². The molecule has 0 saturated heterocycles. The number of carbonyl (C=O) groups excluding carboxylic acids is 1. The molecule has 0 radical (unpaired) electrons. The first-order chi connectivity index (χ1) is 14.3. The third-order valence-corrected chi connectivity index (χ3v) is 4.41. The number of carbonyl (C=O) groups is 1. The van der Waals surface area contributed by atoms with Gasteiger partial charge in [0.1, 0.15) is 11.9 Å². The normalized spacial score (nSPS) is 16.9. The van der Waals surface area contributed by atoms with E-state index in [-0.39, 0.29) is 17.5 Å². The molecule has 1 heterocycles. The second-order valence-electron chi connectivity index (χ2n) is 6.65. The Morgan fingerprint density at radius 3 is 2.63 bits per heavy atom. The highest BCUT2D eigenvalue weighted by Gasteiger charge is 2.20. The van der Waals surface area contributed by atoms with Gasteiger partial charge in [-0.15, -0.1) is 0 Å². The van der Waals surface area contributed by atoms with Crippen LogP contribution in [0, 0.1) is 19.7 Å². The van der Waals surface area contributed by atoms with Crippen LogP contribution in [0.4, 0.5) is 21.8 Å². The molecule has 156 valence electrons. The molecule has 2 aromatic rings. The first kappa shape index (κ1) is 21.0. The van der Waals surface area contributed by atoms with Crippen molar-refractivity contribution in [3.05, 3.63) is 70.8 Å². The summed E-state index contributed by atoms with van der Waals surface area (Å²) in [5.74, 6) is -1.13. The van der Waals surface area contributed by atoms with E-state index in [4.69, 9.17) is 0 Å². The summed E-state index contributed by atoms with van der Waals surface area (Å²) in [4.78, 5) is 19.5. The van der Waals surface area contributed by atoms with E-state index < -0.39 is 17.9 Å². The molecule has 0 amide bonds. The number of hydrogen-bond acceptors (Lipinski definition) is 8. The van der Waals surface area contributed by atoms with E-state index >= 15 is 0 Å². The number of esters is 1. The Hall–Kier alpha value is -3.72. The lowest BCUT2D eigenvalue weighted by Gasteiger charge is -2.20. The Morgan fingerprint density at radius 2 is 1.97 bits per heavy atom. The zero-order valence-electron chi connectivity index (χ0n) is 16.6. The van der Waals surface area contributed by atoms with Crippen LogP contribution >= 0.6 is 0 Å². The monoisotopic (exact) mass is 412 g/mol. The maximum Gasteiger partial charge on any atom is 0.330 e. The molecule has 30 heavy (non-hydrogen) atoms. The lowest BCUT2D eigenvalue weighted by molar-refractivity contribution is -0.134. The molecular weight excluding hydrogens is 391 g/mol. The van der Waals surface area contributed by atoms with Crippen molar-refractivity contribution in [3.63, 3.8) is 0 Å². The van der Waals surface area contributed by atoms with Crippen molar-refractivity contribution in [2.24, 2.45) is 0 Å². The molecule has 0 spiro atoms. The number of ether oxygens (including phenoxy) is 1. The number of nitrogens with zero attached hydrogens (tertiary/aromatic N) is 2. The van der Waals surface area contributed by atoms with Crippen LogP contribution < -0.4 is 10.6 Å². The summed E-state index contributed by atoms with van der Waals surface area (Å²) >= 11 is 0. The number of aromatic hydroxyl groups is 1. The molecule has 0 fully saturated rings. The highest BCUT2D eigenvalue weighted by molar-refractivity contribution is 5.84. The van der Waals surface area contributed by atoms with Gasteiger partial charge in [-0.1, -0.05) is 12.2 Å². The first-order valence-corrected chi connectivity index (χ1v) is 9.01. The van der Waals surface area contributed by atoms with Crippen molar-refractivity contribution in [1.29, 1.82) is 0 Å². The molecule has 1 aromatic carbocycles. The minimum atomic E-state index is -1.14. The Morgan fingerprint density at radius 1 is 1.27 bits per heavy atom. The van der Waals surface area contributed by atoms with Gasteiger partial charge in [-0.05, 0) is 48.8 Å². The predicted octanol–water partition coefficient (Wildman–Crippen LogP) is 3.01. The van der Waals surface area contributed by atoms with Gasteiger partial charge in [0.2, 0.25) is 5.95 Å². The fourth-order valence-corrected chi connectivity index (χ4v) is 2.87. The van der Waals surface area contributed by atoms with E-state index in [1.165, 1.54) is 13.2 Å². The van der Waals surface area contributed by atoms with Gasteiger partial charge in [-0.25, -0.2) is 14.2 Å². The summed E-state index contributed by atoms with van der Waals surface area (Å²) in [7, 11) is 1.24. The zero-order chi connectivity index (χ0) is 21.8. The van der Waals surface area contributed by atoms with E-state index in [2.05, 4.69) is 25.3 Å². The molecule has 0 saturated carbocycles. The topological polar surface area (TPSA) is 117 Å². The van der Waals surface area contributed by atoms with Crippen molar-refractivity contribution in [2.45, 2.75) is 20.0 Å². The van der Waals surface area contributed by atoms with Crippen LogP contribution in [0.15, 0.2) is 53.9 Å². The molecule has 1 aliphatic rings. The number of nitrogens with one attached hydrogen (secondary N) is 2. The smallest absolute Gasteiger partial charge is 0.330 e.